The molecule has 5 rings (SSSR count). The van der Waals surface area contributed by atoms with Gasteiger partial charge in [0, 0.05) is 30.3 Å². The van der Waals surface area contributed by atoms with E-state index in [1.807, 2.05) is 23.6 Å². The molecule has 3 heterocycles. The Morgan fingerprint density at radius 1 is 1.12 bits per heavy atom. The van der Waals surface area contributed by atoms with E-state index in [4.69, 9.17) is 23.1 Å². The lowest BCUT2D eigenvalue weighted by molar-refractivity contribution is -0.125. The number of hydrogen-bond acceptors (Lipinski definition) is 9. The van der Waals surface area contributed by atoms with Gasteiger partial charge < -0.3 is 26.3 Å². The average Bonchev–Trinajstić information content (AvgIpc) is 3.54. The minimum absolute atomic E-state index is 0.0279. The number of nitrogen functional groups attached to an aromatic ring is 1. The highest BCUT2D eigenvalue weighted by Crippen LogP contribution is 2.35. The van der Waals surface area contributed by atoms with E-state index in [9.17, 15) is 13.2 Å². The molecule has 210 valence electrons. The zero-order valence-electron chi connectivity index (χ0n) is 22.0. The number of hydrogen-bond donors (Lipinski definition) is 3. The van der Waals surface area contributed by atoms with Crippen LogP contribution >= 0.6 is 11.6 Å². The number of carbonyl (C=O) groups is 1. The highest BCUT2D eigenvalue weighted by atomic mass is 35.5. The maximum atomic E-state index is 13.1. The Kier molecular flexibility index (Phi) is 7.67. The zero-order chi connectivity index (χ0) is 28.5. The van der Waals surface area contributed by atoms with E-state index in [0.717, 1.165) is 16.8 Å². The maximum absolute atomic E-state index is 13.1. The van der Waals surface area contributed by atoms with Crippen molar-refractivity contribution >= 4 is 50.0 Å². The largest absolute Gasteiger partial charge is 0.382 e. The molecule has 40 heavy (non-hydrogen) atoms. The summed E-state index contributed by atoms with van der Waals surface area (Å²) in [5.74, 6) is -0.283. The summed E-state index contributed by atoms with van der Waals surface area (Å²) in [7, 11) is -3.52. The van der Waals surface area contributed by atoms with Gasteiger partial charge in [-0.15, -0.1) is 0 Å². The van der Waals surface area contributed by atoms with Crippen LogP contribution in [0.25, 0.3) is 11.2 Å². The average molecular weight is 583 g/mol. The molecule has 1 saturated heterocycles. The summed E-state index contributed by atoms with van der Waals surface area (Å²) >= 11 is 6.61. The number of anilines is 2. The highest BCUT2D eigenvalue weighted by molar-refractivity contribution is 7.91. The molecule has 13 heteroatoms. The predicted molar refractivity (Wildman–Crippen MR) is 155 cm³/mol. The number of benzene rings is 2. The fourth-order valence-electron chi connectivity index (χ4n) is 5.14. The first-order chi connectivity index (χ1) is 19.1. The van der Waals surface area contributed by atoms with Crippen molar-refractivity contribution in [2.75, 3.05) is 36.0 Å². The lowest BCUT2D eigenvalue weighted by Gasteiger charge is -2.27. The molecule has 0 saturated carbocycles. The van der Waals surface area contributed by atoms with Crippen LogP contribution < -0.4 is 21.7 Å². The van der Waals surface area contributed by atoms with Crippen LogP contribution in [0.3, 0.4) is 0 Å². The molecule has 0 bridgehead atoms. The van der Waals surface area contributed by atoms with Gasteiger partial charge in [0.2, 0.25) is 5.91 Å². The monoisotopic (exact) mass is 582 g/mol. The molecule has 0 radical (unpaired) electrons. The summed E-state index contributed by atoms with van der Waals surface area (Å²) < 4.78 is 27.1. The maximum Gasteiger partial charge on any atom is 0.242 e. The molecule has 2 aromatic heterocycles. The quantitative estimate of drug-likeness (QED) is 0.268. The van der Waals surface area contributed by atoms with Crippen LogP contribution in [-0.2, 0) is 27.6 Å². The van der Waals surface area contributed by atoms with Gasteiger partial charge in [-0.3, -0.25) is 4.79 Å². The number of halogens is 1. The molecule has 5 N–H and O–H groups in total. The second-order valence-electron chi connectivity index (χ2n) is 9.90. The topological polar surface area (TPSA) is 162 Å². The van der Waals surface area contributed by atoms with Crippen LogP contribution in [0.5, 0.6) is 0 Å². The molecular formula is C27H31ClN8O3S. The fourth-order valence-corrected chi connectivity index (χ4v) is 6.63. The number of nitrogens with zero attached hydrogens (tertiary/aromatic N) is 5. The second-order valence-corrected chi connectivity index (χ2v) is 12.4. The van der Waals surface area contributed by atoms with Crippen molar-refractivity contribution < 1.29 is 13.2 Å². The number of aromatic nitrogens is 4. The molecule has 11 nitrogen and oxygen atoms in total. The second kappa shape index (κ2) is 11.0. The van der Waals surface area contributed by atoms with Crippen molar-refractivity contribution in [1.29, 1.82) is 0 Å². The van der Waals surface area contributed by atoms with Crippen LogP contribution in [0.1, 0.15) is 24.5 Å². The summed E-state index contributed by atoms with van der Waals surface area (Å²) in [6, 6.07) is 12.0. The van der Waals surface area contributed by atoms with Crippen molar-refractivity contribution in [2.24, 2.45) is 5.73 Å². The van der Waals surface area contributed by atoms with Gasteiger partial charge in [0.25, 0.3) is 0 Å². The van der Waals surface area contributed by atoms with Crippen LogP contribution in [0.2, 0.25) is 5.02 Å². The van der Waals surface area contributed by atoms with Gasteiger partial charge in [-0.1, -0.05) is 36.7 Å². The zero-order valence-corrected chi connectivity index (χ0v) is 23.6. The minimum Gasteiger partial charge on any atom is -0.382 e. The molecule has 1 amide bonds. The van der Waals surface area contributed by atoms with Crippen LogP contribution in [0, 0.1) is 0 Å². The first-order valence-corrected chi connectivity index (χ1v) is 15.0. The summed E-state index contributed by atoms with van der Waals surface area (Å²) in [6.45, 7) is 3.25. The number of rotatable bonds is 9. The van der Waals surface area contributed by atoms with Gasteiger partial charge in [-0.25, -0.2) is 23.4 Å². The van der Waals surface area contributed by atoms with E-state index in [-0.39, 0.29) is 29.6 Å². The molecule has 1 unspecified atom stereocenters. The Labute approximate surface area is 237 Å². The number of carbonyl (C=O) groups excluding carboxylic acids is 1. The van der Waals surface area contributed by atoms with E-state index in [1.165, 1.54) is 6.33 Å². The molecule has 1 fully saturated rings. The standard InChI is InChI=1S/C27H31ClN8O3S/c1-2-19-20(14-36-17-34-23-24(29)32-16-33-25(23)36)22(9-8-21(19)28)35-12-10-27(30,15-35)26(37)31-11-13-40(38,39)18-6-4-3-5-7-18/h3-9,16-17H,2,10-15,30H2,1H3,(H,31,37)(H2,29,32,33). The molecule has 0 aliphatic carbocycles. The van der Waals surface area contributed by atoms with Gasteiger partial charge >= 0.3 is 0 Å². The van der Waals surface area contributed by atoms with E-state index < -0.39 is 15.4 Å². The van der Waals surface area contributed by atoms with E-state index in [2.05, 4.69) is 25.2 Å². The van der Waals surface area contributed by atoms with Crippen LogP contribution in [0.15, 0.2) is 60.0 Å². The third-order valence-corrected chi connectivity index (χ3v) is 9.40. The van der Waals surface area contributed by atoms with E-state index >= 15 is 0 Å². The van der Waals surface area contributed by atoms with Gasteiger partial charge in [-0.2, -0.15) is 0 Å². The summed E-state index contributed by atoms with van der Waals surface area (Å²) in [5.41, 5.74) is 15.4. The SMILES string of the molecule is CCc1c(Cl)ccc(N2CCC(N)(C(=O)NCCS(=O)(=O)c3ccccc3)C2)c1Cn1cnc2c(N)ncnc21. The van der Waals surface area contributed by atoms with Crippen molar-refractivity contribution in [2.45, 2.75) is 36.7 Å². The number of nitrogens with two attached hydrogens (primary N) is 2. The van der Waals surface area contributed by atoms with Crippen molar-refractivity contribution in [3.05, 3.63) is 71.3 Å². The Morgan fingerprint density at radius 2 is 1.90 bits per heavy atom. The van der Waals surface area contributed by atoms with Crippen molar-refractivity contribution in [1.82, 2.24) is 24.8 Å². The molecule has 1 aliphatic heterocycles. The molecule has 4 aromatic rings. The van der Waals surface area contributed by atoms with Crippen LogP contribution in [-0.4, -0.2) is 64.8 Å². The normalized spacial score (nSPS) is 17.4. The lowest BCUT2D eigenvalue weighted by Crippen LogP contribution is -2.56. The van der Waals surface area contributed by atoms with E-state index in [1.54, 1.807) is 36.7 Å². The minimum atomic E-state index is -3.52. The van der Waals surface area contributed by atoms with Crippen LogP contribution in [0.4, 0.5) is 11.5 Å². The first-order valence-electron chi connectivity index (χ1n) is 12.9. The highest BCUT2D eigenvalue weighted by Gasteiger charge is 2.42. The molecule has 1 atom stereocenters. The molecule has 2 aromatic carbocycles. The third kappa shape index (κ3) is 5.34. The molecule has 0 spiro atoms. The Bertz CT molecular complexity index is 1660. The number of sulfone groups is 1. The van der Waals surface area contributed by atoms with Gasteiger partial charge in [0.15, 0.2) is 21.3 Å². The summed E-state index contributed by atoms with van der Waals surface area (Å²) in [6.07, 6.45) is 4.19. The van der Waals surface area contributed by atoms with Gasteiger partial charge in [0.05, 0.1) is 23.5 Å². The summed E-state index contributed by atoms with van der Waals surface area (Å²) in [4.78, 5) is 28.2. The summed E-state index contributed by atoms with van der Waals surface area (Å²) in [5, 5.41) is 3.39. The smallest absolute Gasteiger partial charge is 0.242 e. The lowest BCUT2D eigenvalue weighted by atomic mass is 9.98. The predicted octanol–water partition coefficient (Wildman–Crippen LogP) is 2.17. The van der Waals surface area contributed by atoms with Crippen molar-refractivity contribution in [3.8, 4) is 0 Å². The van der Waals surface area contributed by atoms with Gasteiger partial charge in [0.1, 0.15) is 17.4 Å². The molecular weight excluding hydrogens is 552 g/mol. The third-order valence-electron chi connectivity index (χ3n) is 7.31. The number of amides is 1. The Morgan fingerprint density at radius 3 is 2.65 bits per heavy atom. The number of nitrogens with one attached hydrogen (secondary N) is 1. The molecule has 1 aliphatic rings. The van der Waals surface area contributed by atoms with E-state index in [0.29, 0.717) is 47.9 Å². The number of fused-ring (bicyclic) bond motifs is 1. The number of imidazole rings is 1. The Balaban J connectivity index is 1.34. The first kappa shape index (κ1) is 27.8. The van der Waals surface area contributed by atoms with Crippen molar-refractivity contribution in [3.63, 3.8) is 0 Å². The Hall–Kier alpha value is -3.74. The van der Waals surface area contributed by atoms with Gasteiger partial charge in [-0.05, 0) is 48.2 Å². The fraction of sp³-hybridized carbons (Fsp3) is 0.333.